The summed E-state index contributed by atoms with van der Waals surface area (Å²) in [5.41, 5.74) is 5.61. The second-order valence-electron chi connectivity index (χ2n) is 2.87. The predicted molar refractivity (Wildman–Crippen MR) is 60.5 cm³/mol. The molecule has 0 aromatic carbocycles. The maximum Gasteiger partial charge on any atom is 0.141 e. The van der Waals surface area contributed by atoms with E-state index in [2.05, 4.69) is 25.9 Å². The zero-order valence-electron chi connectivity index (χ0n) is 8.57. The summed E-state index contributed by atoms with van der Waals surface area (Å²) in [7, 11) is 1.64. The summed E-state index contributed by atoms with van der Waals surface area (Å²) in [4.78, 5) is 8.21. The summed E-state index contributed by atoms with van der Waals surface area (Å²) in [6.07, 6.45) is 2.30. The van der Waals surface area contributed by atoms with E-state index in [1.54, 1.807) is 13.3 Å². The van der Waals surface area contributed by atoms with Crippen LogP contribution >= 0.6 is 15.9 Å². The number of aromatic nitrogens is 2. The molecule has 0 spiro atoms. The van der Waals surface area contributed by atoms with Gasteiger partial charge in [-0.2, -0.15) is 0 Å². The Morgan fingerprint density at radius 3 is 2.87 bits per heavy atom. The highest BCUT2D eigenvalue weighted by atomic mass is 79.9. The molecule has 0 aliphatic rings. The first-order valence-electron chi connectivity index (χ1n) is 4.57. The first-order valence-corrected chi connectivity index (χ1v) is 5.37. The number of nitrogen functional groups attached to an aromatic ring is 1. The number of hydrogen-bond acceptors (Lipinski definition) is 5. The van der Waals surface area contributed by atoms with Gasteiger partial charge in [-0.05, 0) is 15.9 Å². The highest BCUT2D eigenvalue weighted by molar-refractivity contribution is 9.10. The molecule has 1 heterocycles. The predicted octanol–water partition coefficient (Wildman–Crippen LogP) is 1.03. The Balaban J connectivity index is 2.28. The number of ether oxygens (including phenoxy) is 2. The van der Waals surface area contributed by atoms with Gasteiger partial charge in [0.2, 0.25) is 0 Å². The van der Waals surface area contributed by atoms with Crippen molar-refractivity contribution in [3.8, 4) is 0 Å². The lowest BCUT2D eigenvalue weighted by Crippen LogP contribution is -2.08. The summed E-state index contributed by atoms with van der Waals surface area (Å²) in [6, 6.07) is 0. The van der Waals surface area contributed by atoms with Crippen molar-refractivity contribution in [2.45, 2.75) is 6.42 Å². The van der Waals surface area contributed by atoms with E-state index < -0.39 is 0 Å². The standard InChI is InChI=1S/C9H14BrN3O2/c1-14-4-5-15-3-2-8-12-6-7(10)9(11)13-8/h6H,2-5H2,1H3,(H2,11,12,13). The molecule has 84 valence electrons. The lowest BCUT2D eigenvalue weighted by Gasteiger charge is -2.03. The van der Waals surface area contributed by atoms with Gasteiger partial charge in [-0.15, -0.1) is 0 Å². The maximum atomic E-state index is 5.61. The first kappa shape index (κ1) is 12.4. The lowest BCUT2D eigenvalue weighted by atomic mass is 10.4. The fourth-order valence-electron chi connectivity index (χ4n) is 0.947. The average Bonchev–Trinajstić information content (AvgIpc) is 2.23. The Bertz CT molecular complexity index is 309. The van der Waals surface area contributed by atoms with Gasteiger partial charge in [0.15, 0.2) is 0 Å². The molecule has 15 heavy (non-hydrogen) atoms. The van der Waals surface area contributed by atoms with Crippen molar-refractivity contribution in [1.29, 1.82) is 0 Å². The van der Waals surface area contributed by atoms with Gasteiger partial charge in [-0.1, -0.05) is 0 Å². The zero-order valence-corrected chi connectivity index (χ0v) is 10.2. The summed E-state index contributed by atoms with van der Waals surface area (Å²) in [5, 5.41) is 0. The van der Waals surface area contributed by atoms with E-state index in [9.17, 15) is 0 Å². The van der Waals surface area contributed by atoms with Crippen LogP contribution in [0.3, 0.4) is 0 Å². The quantitative estimate of drug-likeness (QED) is 0.786. The smallest absolute Gasteiger partial charge is 0.141 e. The summed E-state index contributed by atoms with van der Waals surface area (Å²) in [5.74, 6) is 1.14. The Labute approximate surface area is 97.1 Å². The SMILES string of the molecule is COCCOCCc1ncc(Br)c(N)n1. The highest BCUT2D eigenvalue weighted by Gasteiger charge is 2.01. The Hall–Kier alpha value is -0.720. The van der Waals surface area contributed by atoms with E-state index in [1.165, 1.54) is 0 Å². The molecule has 6 heteroatoms. The number of nitrogens with two attached hydrogens (primary N) is 1. The molecule has 0 saturated carbocycles. The fraction of sp³-hybridized carbons (Fsp3) is 0.556. The van der Waals surface area contributed by atoms with Crippen LogP contribution < -0.4 is 5.73 Å². The van der Waals surface area contributed by atoms with E-state index >= 15 is 0 Å². The molecular weight excluding hydrogens is 262 g/mol. The number of anilines is 1. The number of hydrogen-bond donors (Lipinski definition) is 1. The van der Waals surface area contributed by atoms with Gasteiger partial charge in [0.1, 0.15) is 11.6 Å². The molecule has 0 amide bonds. The van der Waals surface area contributed by atoms with Crippen LogP contribution in [0, 0.1) is 0 Å². The van der Waals surface area contributed by atoms with Crippen LogP contribution in [0.1, 0.15) is 5.82 Å². The minimum Gasteiger partial charge on any atom is -0.383 e. The molecule has 0 radical (unpaired) electrons. The first-order chi connectivity index (χ1) is 7.24. The topological polar surface area (TPSA) is 70.3 Å². The van der Waals surface area contributed by atoms with E-state index in [4.69, 9.17) is 15.2 Å². The average molecular weight is 276 g/mol. The third kappa shape index (κ3) is 4.55. The van der Waals surface area contributed by atoms with Crippen LogP contribution in [0.25, 0.3) is 0 Å². The number of rotatable bonds is 6. The molecule has 0 atom stereocenters. The normalized spacial score (nSPS) is 10.5. The van der Waals surface area contributed by atoms with Crippen molar-refractivity contribution >= 4 is 21.7 Å². The molecule has 0 fully saturated rings. The van der Waals surface area contributed by atoms with Gasteiger partial charge in [0.25, 0.3) is 0 Å². The van der Waals surface area contributed by atoms with Crippen LogP contribution in [0.4, 0.5) is 5.82 Å². The highest BCUT2D eigenvalue weighted by Crippen LogP contribution is 2.14. The van der Waals surface area contributed by atoms with Crippen molar-refractivity contribution < 1.29 is 9.47 Å². The third-order valence-electron chi connectivity index (χ3n) is 1.72. The Morgan fingerprint density at radius 2 is 2.20 bits per heavy atom. The van der Waals surface area contributed by atoms with Gasteiger partial charge in [0, 0.05) is 19.7 Å². The number of methoxy groups -OCH3 is 1. The Morgan fingerprint density at radius 1 is 1.40 bits per heavy atom. The number of nitrogens with zero attached hydrogens (tertiary/aromatic N) is 2. The van der Waals surface area contributed by atoms with Crippen LogP contribution in [0.2, 0.25) is 0 Å². The largest absolute Gasteiger partial charge is 0.383 e. The number of halogens is 1. The van der Waals surface area contributed by atoms with Crippen molar-refractivity contribution in [3.05, 3.63) is 16.5 Å². The summed E-state index contributed by atoms with van der Waals surface area (Å²) >= 11 is 3.23. The molecule has 0 unspecified atom stereocenters. The van der Waals surface area contributed by atoms with Crippen LogP contribution in [-0.2, 0) is 15.9 Å². The second kappa shape index (κ2) is 6.71. The molecule has 0 aliphatic heterocycles. The van der Waals surface area contributed by atoms with Gasteiger partial charge in [-0.3, -0.25) is 0 Å². The maximum absolute atomic E-state index is 5.61. The van der Waals surface area contributed by atoms with Gasteiger partial charge >= 0.3 is 0 Å². The monoisotopic (exact) mass is 275 g/mol. The fourth-order valence-corrected chi connectivity index (χ4v) is 1.14. The van der Waals surface area contributed by atoms with Gasteiger partial charge < -0.3 is 15.2 Å². The Kier molecular flexibility index (Phi) is 5.52. The molecule has 1 aromatic heterocycles. The molecule has 2 N–H and O–H groups in total. The van der Waals surface area contributed by atoms with E-state index in [1.807, 2.05) is 0 Å². The van der Waals surface area contributed by atoms with Crippen LogP contribution in [0.5, 0.6) is 0 Å². The minimum absolute atomic E-state index is 0.455. The molecular formula is C9H14BrN3O2. The van der Waals surface area contributed by atoms with Crippen molar-refractivity contribution in [2.24, 2.45) is 0 Å². The van der Waals surface area contributed by atoms with E-state index in [0.717, 1.165) is 0 Å². The summed E-state index contributed by atoms with van der Waals surface area (Å²) in [6.45, 7) is 1.76. The zero-order chi connectivity index (χ0) is 11.1. The van der Waals surface area contributed by atoms with E-state index in [-0.39, 0.29) is 0 Å². The molecule has 0 bridgehead atoms. The minimum atomic E-state index is 0.455. The van der Waals surface area contributed by atoms with E-state index in [0.29, 0.717) is 42.4 Å². The van der Waals surface area contributed by atoms with Crippen molar-refractivity contribution in [2.75, 3.05) is 32.7 Å². The molecule has 0 aliphatic carbocycles. The van der Waals surface area contributed by atoms with Crippen LogP contribution in [0.15, 0.2) is 10.7 Å². The second-order valence-corrected chi connectivity index (χ2v) is 3.73. The van der Waals surface area contributed by atoms with Crippen LogP contribution in [-0.4, -0.2) is 36.9 Å². The molecule has 0 saturated heterocycles. The molecule has 1 aromatic rings. The molecule has 5 nitrogen and oxygen atoms in total. The van der Waals surface area contributed by atoms with Gasteiger partial charge in [0.05, 0.1) is 24.3 Å². The van der Waals surface area contributed by atoms with Crippen molar-refractivity contribution in [1.82, 2.24) is 9.97 Å². The van der Waals surface area contributed by atoms with Crippen molar-refractivity contribution in [3.63, 3.8) is 0 Å². The lowest BCUT2D eigenvalue weighted by molar-refractivity contribution is 0.0716. The third-order valence-corrected chi connectivity index (χ3v) is 2.33. The summed E-state index contributed by atoms with van der Waals surface area (Å²) < 4.78 is 10.9. The molecule has 1 rings (SSSR count). The van der Waals surface area contributed by atoms with Gasteiger partial charge in [-0.25, -0.2) is 9.97 Å².